The maximum absolute atomic E-state index is 10.7. The van der Waals surface area contributed by atoms with Gasteiger partial charge in [-0.15, -0.1) is 0 Å². The van der Waals surface area contributed by atoms with Crippen molar-refractivity contribution in [1.29, 1.82) is 0 Å². The van der Waals surface area contributed by atoms with Crippen molar-refractivity contribution in [3.05, 3.63) is 34.3 Å². The van der Waals surface area contributed by atoms with E-state index in [1.807, 2.05) is 13.8 Å². The molecule has 0 aliphatic heterocycles. The zero-order valence-corrected chi connectivity index (χ0v) is 8.40. The predicted molar refractivity (Wildman–Crippen MR) is 55.1 cm³/mol. The van der Waals surface area contributed by atoms with Crippen LogP contribution in [-0.2, 0) is 0 Å². The fraction of sp³-hybridized carbons (Fsp3) is 0.200. The van der Waals surface area contributed by atoms with Crippen molar-refractivity contribution in [2.45, 2.75) is 13.8 Å². The Balaban J connectivity index is 0.000000531. The van der Waals surface area contributed by atoms with Crippen molar-refractivity contribution in [3.8, 4) is 0 Å². The van der Waals surface area contributed by atoms with E-state index in [2.05, 4.69) is 9.40 Å². The Kier molecular flexibility index (Phi) is 3.28. The molecule has 0 aliphatic carbocycles. The molecular weight excluding hydrogens is 198 g/mol. The molecule has 0 saturated carbocycles. The molecule has 80 valence electrons. The largest absolute Gasteiger partial charge is 0.478 e. The van der Waals surface area contributed by atoms with Gasteiger partial charge in [0.1, 0.15) is 0 Å². The molecule has 0 atom stereocenters. The van der Waals surface area contributed by atoms with Crippen molar-refractivity contribution in [1.82, 2.24) is 4.98 Å². The molecule has 0 radical (unpaired) electrons. The van der Waals surface area contributed by atoms with Crippen LogP contribution in [0.2, 0.25) is 0 Å². The van der Waals surface area contributed by atoms with E-state index < -0.39 is 11.7 Å². The number of H-pyrrole nitrogens is 1. The van der Waals surface area contributed by atoms with E-state index >= 15 is 0 Å². The van der Waals surface area contributed by atoms with E-state index in [1.54, 1.807) is 0 Å². The van der Waals surface area contributed by atoms with Crippen molar-refractivity contribution in [2.75, 3.05) is 0 Å². The maximum atomic E-state index is 10.7. The molecule has 0 saturated heterocycles. The smallest absolute Gasteiger partial charge is 0.417 e. The normalized spacial score (nSPS) is 9.47. The molecule has 0 unspecified atom stereocenters. The lowest BCUT2D eigenvalue weighted by molar-refractivity contribution is 0.0697. The van der Waals surface area contributed by atoms with Gasteiger partial charge in [-0.05, 0) is 18.2 Å². The number of carboxylic acids is 1. The van der Waals surface area contributed by atoms with Crippen molar-refractivity contribution in [3.63, 3.8) is 0 Å². The first-order valence-electron chi connectivity index (χ1n) is 4.53. The summed E-state index contributed by atoms with van der Waals surface area (Å²) in [6.45, 7) is 4.00. The Labute approximate surface area is 85.3 Å². The summed E-state index contributed by atoms with van der Waals surface area (Å²) in [5.74, 6) is -1.64. The Bertz CT molecular complexity index is 523. The first-order chi connectivity index (χ1) is 7.16. The van der Waals surface area contributed by atoms with Crippen LogP contribution in [0.15, 0.2) is 27.4 Å². The summed E-state index contributed by atoms with van der Waals surface area (Å²) in [6, 6.07) is 4.19. The minimum absolute atomic E-state index is 0.0928. The molecule has 0 fully saturated rings. The highest BCUT2D eigenvalue weighted by molar-refractivity contribution is 5.91. The number of aromatic amines is 1. The van der Waals surface area contributed by atoms with Gasteiger partial charge in [0.15, 0.2) is 5.58 Å². The lowest BCUT2D eigenvalue weighted by Crippen LogP contribution is -1.94. The van der Waals surface area contributed by atoms with Crippen LogP contribution in [0.3, 0.4) is 0 Å². The summed E-state index contributed by atoms with van der Waals surface area (Å²) in [5.41, 5.74) is 0.843. The van der Waals surface area contributed by atoms with E-state index in [4.69, 9.17) is 5.11 Å². The Hall–Kier alpha value is -2.04. The van der Waals surface area contributed by atoms with Gasteiger partial charge in [-0.3, -0.25) is 4.98 Å². The van der Waals surface area contributed by atoms with Crippen LogP contribution >= 0.6 is 0 Å². The quantitative estimate of drug-likeness (QED) is 0.750. The van der Waals surface area contributed by atoms with E-state index in [0.29, 0.717) is 5.52 Å². The first kappa shape index (κ1) is 11.0. The summed E-state index contributed by atoms with van der Waals surface area (Å²) in [4.78, 5) is 23.6. The monoisotopic (exact) mass is 209 g/mol. The van der Waals surface area contributed by atoms with Gasteiger partial charge in [-0.1, -0.05) is 13.8 Å². The van der Waals surface area contributed by atoms with Gasteiger partial charge in [-0.25, -0.2) is 9.59 Å². The van der Waals surface area contributed by atoms with Gasteiger partial charge < -0.3 is 9.52 Å². The summed E-state index contributed by atoms with van der Waals surface area (Å²) in [6.07, 6.45) is 0. The topological polar surface area (TPSA) is 83.3 Å². The molecule has 2 N–H and O–H groups in total. The Morgan fingerprint density at radius 1 is 1.40 bits per heavy atom. The number of oxazole rings is 1. The average molecular weight is 209 g/mol. The lowest BCUT2D eigenvalue weighted by atomic mass is 10.2. The standard InChI is InChI=1S/C8H5NO4.C2H6/c10-7(11)4-1-2-5-6(3-4)13-8(12)9-5;1-2/h1-3H,(H,9,12)(H,10,11);1-2H3. The summed E-state index contributed by atoms with van der Waals surface area (Å²) < 4.78 is 4.68. The van der Waals surface area contributed by atoms with Crippen LogP contribution in [-0.4, -0.2) is 16.1 Å². The van der Waals surface area contributed by atoms with Crippen LogP contribution in [0.1, 0.15) is 24.2 Å². The molecule has 0 bridgehead atoms. The predicted octanol–water partition coefficient (Wildman–Crippen LogP) is 1.85. The molecule has 15 heavy (non-hydrogen) atoms. The summed E-state index contributed by atoms with van der Waals surface area (Å²) in [5, 5.41) is 8.62. The van der Waals surface area contributed by atoms with E-state index in [9.17, 15) is 9.59 Å². The number of carbonyl (C=O) groups is 1. The number of fused-ring (bicyclic) bond motifs is 1. The third-order valence-corrected chi connectivity index (χ3v) is 1.67. The van der Waals surface area contributed by atoms with E-state index in [-0.39, 0.29) is 11.1 Å². The second-order valence-corrected chi connectivity index (χ2v) is 2.53. The molecular formula is C10H11NO4. The summed E-state index contributed by atoms with van der Waals surface area (Å²) >= 11 is 0. The second kappa shape index (κ2) is 4.45. The number of aromatic carboxylic acids is 1. The number of rotatable bonds is 1. The van der Waals surface area contributed by atoms with Crippen molar-refractivity contribution >= 4 is 17.1 Å². The van der Waals surface area contributed by atoms with E-state index in [0.717, 1.165) is 0 Å². The van der Waals surface area contributed by atoms with Gasteiger partial charge in [0.25, 0.3) is 0 Å². The molecule has 5 heteroatoms. The molecule has 1 aromatic carbocycles. The highest BCUT2D eigenvalue weighted by atomic mass is 16.4. The van der Waals surface area contributed by atoms with Crippen LogP contribution in [0, 0.1) is 0 Å². The molecule has 1 aromatic heterocycles. The third kappa shape index (κ3) is 2.25. The Morgan fingerprint density at radius 3 is 2.67 bits per heavy atom. The van der Waals surface area contributed by atoms with Crippen LogP contribution in [0.25, 0.3) is 11.1 Å². The summed E-state index contributed by atoms with van der Waals surface area (Å²) in [7, 11) is 0. The van der Waals surface area contributed by atoms with Gasteiger partial charge in [0, 0.05) is 0 Å². The van der Waals surface area contributed by atoms with Crippen LogP contribution in [0.4, 0.5) is 0 Å². The van der Waals surface area contributed by atoms with Gasteiger partial charge in [-0.2, -0.15) is 0 Å². The first-order valence-corrected chi connectivity index (χ1v) is 4.53. The number of nitrogens with one attached hydrogen (secondary N) is 1. The van der Waals surface area contributed by atoms with Gasteiger partial charge in [0.2, 0.25) is 0 Å². The van der Waals surface area contributed by atoms with Crippen LogP contribution < -0.4 is 5.76 Å². The molecule has 5 nitrogen and oxygen atoms in total. The molecule has 0 aliphatic rings. The number of hydrogen-bond acceptors (Lipinski definition) is 3. The number of carboxylic acid groups (broad SMARTS) is 1. The lowest BCUT2D eigenvalue weighted by Gasteiger charge is -1.91. The number of aromatic nitrogens is 1. The SMILES string of the molecule is CC.O=C(O)c1ccc2[nH]c(=O)oc2c1. The number of hydrogen-bond donors (Lipinski definition) is 2. The van der Waals surface area contributed by atoms with Crippen LogP contribution in [0.5, 0.6) is 0 Å². The third-order valence-electron chi connectivity index (χ3n) is 1.67. The molecule has 1 heterocycles. The second-order valence-electron chi connectivity index (χ2n) is 2.53. The highest BCUT2D eigenvalue weighted by Crippen LogP contribution is 2.11. The average Bonchev–Trinajstić information content (AvgIpc) is 2.59. The van der Waals surface area contributed by atoms with Gasteiger partial charge in [0.05, 0.1) is 11.1 Å². The number of benzene rings is 1. The minimum atomic E-state index is -1.05. The zero-order chi connectivity index (χ0) is 11.4. The maximum Gasteiger partial charge on any atom is 0.417 e. The Morgan fingerprint density at radius 2 is 2.07 bits per heavy atom. The molecule has 2 aromatic rings. The zero-order valence-electron chi connectivity index (χ0n) is 8.40. The molecule has 0 amide bonds. The minimum Gasteiger partial charge on any atom is -0.478 e. The fourth-order valence-corrected chi connectivity index (χ4v) is 1.08. The van der Waals surface area contributed by atoms with Crippen molar-refractivity contribution in [2.24, 2.45) is 0 Å². The molecule has 0 spiro atoms. The van der Waals surface area contributed by atoms with Crippen molar-refractivity contribution < 1.29 is 14.3 Å². The highest BCUT2D eigenvalue weighted by Gasteiger charge is 2.06. The molecule has 2 rings (SSSR count). The fourth-order valence-electron chi connectivity index (χ4n) is 1.08. The van der Waals surface area contributed by atoms with Gasteiger partial charge >= 0.3 is 11.7 Å². The van der Waals surface area contributed by atoms with E-state index in [1.165, 1.54) is 18.2 Å².